The molecule has 0 aliphatic rings. The molecule has 0 saturated heterocycles. The van der Waals surface area contributed by atoms with Gasteiger partial charge in [0, 0.05) is 6.54 Å². The van der Waals surface area contributed by atoms with Crippen molar-refractivity contribution in [3.05, 3.63) is 53.6 Å². The molecular weight excluding hydrogens is 222 g/mol. The van der Waals surface area contributed by atoms with E-state index in [1.165, 1.54) is 22.3 Å². The third-order valence-electron chi connectivity index (χ3n) is 2.87. The summed E-state index contributed by atoms with van der Waals surface area (Å²) in [7, 11) is 0. The highest BCUT2D eigenvalue weighted by Gasteiger charge is 2.01. The number of rotatable bonds is 4. The molecule has 2 nitrogen and oxygen atoms in total. The fourth-order valence-electron chi connectivity index (χ4n) is 2.06. The Bertz CT molecular complexity index is 517. The van der Waals surface area contributed by atoms with Gasteiger partial charge in [0.25, 0.3) is 0 Å². The number of hydrogen-bond donors (Lipinski definition) is 1. The molecule has 94 valence electrons. The maximum atomic E-state index is 5.71. The highest BCUT2D eigenvalue weighted by molar-refractivity contribution is 5.65. The standard InChI is InChI=1S/C16H19NO/c1-3-18-16-6-4-14(5-7-16)15-9-12(2)8-13(10-15)11-17/h4-10H,3,11,17H2,1-2H3. The summed E-state index contributed by atoms with van der Waals surface area (Å²) in [6, 6.07) is 14.6. The van der Waals surface area contributed by atoms with Crippen molar-refractivity contribution in [2.45, 2.75) is 20.4 Å². The van der Waals surface area contributed by atoms with E-state index >= 15 is 0 Å². The molecule has 0 bridgehead atoms. The summed E-state index contributed by atoms with van der Waals surface area (Å²) in [5.74, 6) is 0.910. The average molecular weight is 241 g/mol. The van der Waals surface area contributed by atoms with Crippen molar-refractivity contribution in [2.75, 3.05) is 6.61 Å². The zero-order chi connectivity index (χ0) is 13.0. The molecule has 0 heterocycles. The maximum absolute atomic E-state index is 5.71. The van der Waals surface area contributed by atoms with Crippen LogP contribution in [0.25, 0.3) is 11.1 Å². The SMILES string of the molecule is CCOc1ccc(-c2cc(C)cc(CN)c2)cc1. The zero-order valence-corrected chi connectivity index (χ0v) is 10.9. The van der Waals surface area contributed by atoms with Crippen molar-refractivity contribution in [1.82, 2.24) is 0 Å². The van der Waals surface area contributed by atoms with E-state index in [4.69, 9.17) is 10.5 Å². The monoisotopic (exact) mass is 241 g/mol. The predicted molar refractivity (Wildman–Crippen MR) is 75.7 cm³/mol. The van der Waals surface area contributed by atoms with Crippen LogP contribution in [0.4, 0.5) is 0 Å². The molecule has 0 saturated carbocycles. The van der Waals surface area contributed by atoms with E-state index in [0.29, 0.717) is 13.2 Å². The van der Waals surface area contributed by atoms with Crippen LogP contribution in [-0.4, -0.2) is 6.61 Å². The van der Waals surface area contributed by atoms with Gasteiger partial charge in [-0.15, -0.1) is 0 Å². The van der Waals surface area contributed by atoms with E-state index in [-0.39, 0.29) is 0 Å². The van der Waals surface area contributed by atoms with Gasteiger partial charge in [0.2, 0.25) is 0 Å². The Balaban J connectivity index is 2.33. The molecule has 0 fully saturated rings. The maximum Gasteiger partial charge on any atom is 0.119 e. The molecule has 0 atom stereocenters. The second kappa shape index (κ2) is 5.69. The van der Waals surface area contributed by atoms with Crippen molar-refractivity contribution in [3.63, 3.8) is 0 Å². The van der Waals surface area contributed by atoms with Gasteiger partial charge >= 0.3 is 0 Å². The minimum absolute atomic E-state index is 0.575. The number of nitrogens with two attached hydrogens (primary N) is 1. The fourth-order valence-corrected chi connectivity index (χ4v) is 2.06. The van der Waals surface area contributed by atoms with Crippen molar-refractivity contribution in [1.29, 1.82) is 0 Å². The topological polar surface area (TPSA) is 35.2 Å². The number of aryl methyl sites for hydroxylation is 1. The van der Waals surface area contributed by atoms with Crippen molar-refractivity contribution >= 4 is 0 Å². The van der Waals surface area contributed by atoms with E-state index in [1.54, 1.807) is 0 Å². The molecule has 0 unspecified atom stereocenters. The lowest BCUT2D eigenvalue weighted by molar-refractivity contribution is 0.340. The first kappa shape index (κ1) is 12.7. The summed E-state index contributed by atoms with van der Waals surface area (Å²) in [6.07, 6.45) is 0. The van der Waals surface area contributed by atoms with Gasteiger partial charge in [-0.1, -0.05) is 29.8 Å². The molecule has 0 radical (unpaired) electrons. The Labute approximate surface area is 108 Å². The van der Waals surface area contributed by atoms with Crippen molar-refractivity contribution in [2.24, 2.45) is 5.73 Å². The Kier molecular flexibility index (Phi) is 4.00. The van der Waals surface area contributed by atoms with Crippen LogP contribution in [0.3, 0.4) is 0 Å². The van der Waals surface area contributed by atoms with E-state index in [2.05, 4.69) is 37.3 Å². The summed E-state index contributed by atoms with van der Waals surface area (Å²) >= 11 is 0. The van der Waals surface area contributed by atoms with Gasteiger partial charge in [-0.3, -0.25) is 0 Å². The molecule has 2 rings (SSSR count). The zero-order valence-electron chi connectivity index (χ0n) is 10.9. The van der Waals surface area contributed by atoms with Gasteiger partial charge in [-0.25, -0.2) is 0 Å². The Morgan fingerprint density at radius 1 is 1.00 bits per heavy atom. The predicted octanol–water partition coefficient (Wildman–Crippen LogP) is 3.52. The summed E-state index contributed by atoms with van der Waals surface area (Å²) in [5.41, 5.74) is 10.5. The van der Waals surface area contributed by atoms with Crippen LogP contribution in [-0.2, 0) is 6.54 Å². The minimum Gasteiger partial charge on any atom is -0.494 e. The van der Waals surface area contributed by atoms with Gasteiger partial charge in [0.1, 0.15) is 5.75 Å². The first-order valence-electron chi connectivity index (χ1n) is 6.27. The highest BCUT2D eigenvalue weighted by atomic mass is 16.5. The van der Waals surface area contributed by atoms with Crippen LogP contribution >= 0.6 is 0 Å². The molecule has 0 aliphatic heterocycles. The molecule has 2 heteroatoms. The summed E-state index contributed by atoms with van der Waals surface area (Å²) < 4.78 is 5.45. The lowest BCUT2D eigenvalue weighted by Crippen LogP contribution is -1.97. The Morgan fingerprint density at radius 3 is 2.33 bits per heavy atom. The fraction of sp³-hybridized carbons (Fsp3) is 0.250. The number of ether oxygens (including phenoxy) is 1. The lowest BCUT2D eigenvalue weighted by Gasteiger charge is -2.08. The largest absolute Gasteiger partial charge is 0.494 e. The molecule has 2 N–H and O–H groups in total. The summed E-state index contributed by atoms with van der Waals surface area (Å²) in [4.78, 5) is 0. The quantitative estimate of drug-likeness (QED) is 0.889. The van der Waals surface area contributed by atoms with Crippen LogP contribution in [0, 0.1) is 6.92 Å². The first-order valence-corrected chi connectivity index (χ1v) is 6.27. The van der Waals surface area contributed by atoms with Gasteiger partial charge in [0.05, 0.1) is 6.61 Å². The minimum atomic E-state index is 0.575. The van der Waals surface area contributed by atoms with Gasteiger partial charge in [0.15, 0.2) is 0 Å². The molecule has 2 aromatic rings. The van der Waals surface area contributed by atoms with E-state index in [0.717, 1.165) is 5.75 Å². The summed E-state index contributed by atoms with van der Waals surface area (Å²) in [6.45, 7) is 5.35. The number of hydrogen-bond acceptors (Lipinski definition) is 2. The Hall–Kier alpha value is -1.80. The third kappa shape index (κ3) is 2.90. The first-order chi connectivity index (χ1) is 8.72. The van der Waals surface area contributed by atoms with Crippen LogP contribution < -0.4 is 10.5 Å². The molecule has 0 spiro atoms. The normalized spacial score (nSPS) is 10.4. The Morgan fingerprint density at radius 2 is 1.72 bits per heavy atom. The van der Waals surface area contributed by atoms with E-state index < -0.39 is 0 Å². The number of benzene rings is 2. The van der Waals surface area contributed by atoms with Gasteiger partial charge < -0.3 is 10.5 Å². The molecule has 0 amide bonds. The van der Waals surface area contributed by atoms with Crippen molar-refractivity contribution < 1.29 is 4.74 Å². The molecule has 18 heavy (non-hydrogen) atoms. The van der Waals surface area contributed by atoms with E-state index in [1.807, 2.05) is 19.1 Å². The second-order valence-electron chi connectivity index (χ2n) is 4.37. The smallest absolute Gasteiger partial charge is 0.119 e. The lowest BCUT2D eigenvalue weighted by atomic mass is 10.0. The van der Waals surface area contributed by atoms with Crippen LogP contribution in [0.15, 0.2) is 42.5 Å². The molecule has 2 aromatic carbocycles. The van der Waals surface area contributed by atoms with Crippen LogP contribution in [0.2, 0.25) is 0 Å². The van der Waals surface area contributed by atoms with Gasteiger partial charge in [-0.2, -0.15) is 0 Å². The molecular formula is C16H19NO. The third-order valence-corrected chi connectivity index (χ3v) is 2.87. The molecule has 0 aliphatic carbocycles. The highest BCUT2D eigenvalue weighted by Crippen LogP contribution is 2.24. The summed E-state index contributed by atoms with van der Waals surface area (Å²) in [5, 5.41) is 0. The second-order valence-corrected chi connectivity index (χ2v) is 4.37. The van der Waals surface area contributed by atoms with Crippen LogP contribution in [0.5, 0.6) is 5.75 Å². The molecule has 0 aromatic heterocycles. The van der Waals surface area contributed by atoms with Crippen molar-refractivity contribution in [3.8, 4) is 16.9 Å². The van der Waals surface area contributed by atoms with E-state index in [9.17, 15) is 0 Å². The van der Waals surface area contributed by atoms with Crippen LogP contribution in [0.1, 0.15) is 18.1 Å². The average Bonchev–Trinajstić information content (AvgIpc) is 2.39. The van der Waals surface area contributed by atoms with Gasteiger partial charge in [-0.05, 0) is 48.7 Å².